The van der Waals surface area contributed by atoms with Crippen molar-refractivity contribution in [1.82, 2.24) is 14.5 Å². The maximum atomic E-state index is 13.3. The first-order valence-electron chi connectivity index (χ1n) is 10.7. The van der Waals surface area contributed by atoms with Crippen LogP contribution in [0.2, 0.25) is 5.02 Å². The molecule has 1 fully saturated rings. The number of para-hydroxylation sites is 1. The van der Waals surface area contributed by atoms with Gasteiger partial charge in [0.2, 0.25) is 0 Å². The Bertz CT molecular complexity index is 1140. The molecule has 1 amide bonds. The Hall–Kier alpha value is -3.57. The van der Waals surface area contributed by atoms with Gasteiger partial charge >= 0.3 is 0 Å². The summed E-state index contributed by atoms with van der Waals surface area (Å²) in [4.78, 5) is 22.3. The molecule has 5 rings (SSSR count). The number of carbonyl (C=O) groups excluding carboxylic acids is 1. The second kappa shape index (κ2) is 8.89. The third-order valence-corrected chi connectivity index (χ3v) is 6.00. The highest BCUT2D eigenvalue weighted by molar-refractivity contribution is 6.30. The molecule has 0 atom stereocenters. The lowest BCUT2D eigenvalue weighted by Crippen LogP contribution is -2.48. The van der Waals surface area contributed by atoms with Crippen LogP contribution in [-0.4, -0.2) is 46.5 Å². The number of imidazole rings is 1. The minimum Gasteiger partial charge on any atom is -0.368 e. The van der Waals surface area contributed by atoms with Gasteiger partial charge in [0.25, 0.3) is 5.91 Å². The number of anilines is 1. The average Bonchev–Trinajstić information content (AvgIpc) is 3.31. The monoisotopic (exact) mass is 442 g/mol. The fourth-order valence-electron chi connectivity index (χ4n) is 4.04. The van der Waals surface area contributed by atoms with Crippen LogP contribution in [0.25, 0.3) is 17.1 Å². The van der Waals surface area contributed by atoms with Gasteiger partial charge in [-0.1, -0.05) is 60.1 Å². The van der Waals surface area contributed by atoms with Crippen molar-refractivity contribution in [3.63, 3.8) is 0 Å². The van der Waals surface area contributed by atoms with Crippen molar-refractivity contribution >= 4 is 23.2 Å². The standard InChI is InChI=1S/C26H23ClN4O/c27-21-11-13-22(14-12-21)29-15-17-30(18-16-29)26(32)24-19-31(23-9-5-2-6-10-23)25(28-24)20-7-3-1-4-8-20/h1-14,19H,15-18H2. The molecule has 1 aromatic heterocycles. The highest BCUT2D eigenvalue weighted by atomic mass is 35.5. The Kier molecular flexibility index (Phi) is 5.65. The minimum absolute atomic E-state index is 0.0346. The quantitative estimate of drug-likeness (QED) is 0.438. The molecule has 3 aromatic carbocycles. The summed E-state index contributed by atoms with van der Waals surface area (Å²) < 4.78 is 1.99. The molecule has 4 aromatic rings. The fourth-order valence-corrected chi connectivity index (χ4v) is 4.17. The third kappa shape index (κ3) is 4.12. The van der Waals surface area contributed by atoms with Gasteiger partial charge in [0, 0.05) is 54.3 Å². The highest BCUT2D eigenvalue weighted by Crippen LogP contribution is 2.24. The van der Waals surface area contributed by atoms with Crippen molar-refractivity contribution in [1.29, 1.82) is 0 Å². The molecular weight excluding hydrogens is 420 g/mol. The van der Waals surface area contributed by atoms with Gasteiger partial charge < -0.3 is 9.80 Å². The molecule has 5 nitrogen and oxygen atoms in total. The van der Waals surface area contributed by atoms with Crippen molar-refractivity contribution in [3.8, 4) is 17.1 Å². The molecule has 2 heterocycles. The number of hydrogen-bond acceptors (Lipinski definition) is 3. The van der Waals surface area contributed by atoms with E-state index < -0.39 is 0 Å². The van der Waals surface area contributed by atoms with E-state index in [-0.39, 0.29) is 5.91 Å². The second-order valence-corrected chi connectivity index (χ2v) is 8.21. The SMILES string of the molecule is O=C(c1cn(-c2ccccc2)c(-c2ccccc2)n1)N1CCN(c2ccc(Cl)cc2)CC1. The van der Waals surface area contributed by atoms with E-state index in [4.69, 9.17) is 16.6 Å². The van der Waals surface area contributed by atoms with E-state index in [1.165, 1.54) is 0 Å². The van der Waals surface area contributed by atoms with Crippen LogP contribution in [-0.2, 0) is 0 Å². The number of carbonyl (C=O) groups is 1. The van der Waals surface area contributed by atoms with Crippen LogP contribution in [0.5, 0.6) is 0 Å². The van der Waals surface area contributed by atoms with Gasteiger partial charge in [0.15, 0.2) is 0 Å². The molecule has 0 N–H and O–H groups in total. The summed E-state index contributed by atoms with van der Waals surface area (Å²) in [5.41, 5.74) is 3.54. The van der Waals surface area contributed by atoms with Crippen LogP contribution in [0.4, 0.5) is 5.69 Å². The van der Waals surface area contributed by atoms with Crippen LogP contribution in [0.15, 0.2) is 91.1 Å². The summed E-state index contributed by atoms with van der Waals surface area (Å²) in [5, 5.41) is 0.728. The predicted octanol–water partition coefficient (Wildman–Crippen LogP) is 5.16. The van der Waals surface area contributed by atoms with Crippen molar-refractivity contribution < 1.29 is 4.79 Å². The average molecular weight is 443 g/mol. The largest absolute Gasteiger partial charge is 0.368 e. The molecule has 0 aliphatic carbocycles. The first-order chi connectivity index (χ1) is 15.7. The van der Waals surface area contributed by atoms with Gasteiger partial charge in [-0.25, -0.2) is 4.98 Å². The molecule has 0 spiro atoms. The number of benzene rings is 3. The molecular formula is C26H23ClN4O. The number of halogens is 1. The Morgan fingerprint density at radius 1 is 0.750 bits per heavy atom. The summed E-state index contributed by atoms with van der Waals surface area (Å²) in [5.74, 6) is 0.729. The van der Waals surface area contributed by atoms with Gasteiger partial charge in [0.05, 0.1) is 0 Å². The zero-order valence-electron chi connectivity index (χ0n) is 17.6. The summed E-state index contributed by atoms with van der Waals surface area (Å²) >= 11 is 6.01. The Morgan fingerprint density at radius 3 is 2.03 bits per heavy atom. The van der Waals surface area contributed by atoms with E-state index >= 15 is 0 Å². The lowest BCUT2D eigenvalue weighted by molar-refractivity contribution is 0.0741. The molecule has 0 radical (unpaired) electrons. The molecule has 160 valence electrons. The molecule has 1 aliphatic heterocycles. The third-order valence-electron chi connectivity index (χ3n) is 5.75. The molecule has 6 heteroatoms. The number of aromatic nitrogens is 2. The maximum Gasteiger partial charge on any atom is 0.274 e. The Morgan fingerprint density at radius 2 is 1.38 bits per heavy atom. The first-order valence-corrected chi connectivity index (χ1v) is 11.1. The highest BCUT2D eigenvalue weighted by Gasteiger charge is 2.25. The smallest absolute Gasteiger partial charge is 0.274 e. The first kappa shape index (κ1) is 20.3. The molecule has 0 bridgehead atoms. The maximum absolute atomic E-state index is 13.3. The normalized spacial score (nSPS) is 13.9. The number of hydrogen-bond donors (Lipinski definition) is 0. The summed E-state index contributed by atoms with van der Waals surface area (Å²) in [6.07, 6.45) is 1.85. The van der Waals surface area contributed by atoms with Crippen molar-refractivity contribution in [2.24, 2.45) is 0 Å². The van der Waals surface area contributed by atoms with Gasteiger partial charge in [-0.3, -0.25) is 9.36 Å². The van der Waals surface area contributed by atoms with E-state index in [1.54, 1.807) is 0 Å². The predicted molar refractivity (Wildman–Crippen MR) is 129 cm³/mol. The van der Waals surface area contributed by atoms with E-state index in [9.17, 15) is 4.79 Å². The zero-order valence-corrected chi connectivity index (χ0v) is 18.3. The molecule has 32 heavy (non-hydrogen) atoms. The molecule has 0 unspecified atom stereocenters. The molecule has 1 saturated heterocycles. The van der Waals surface area contributed by atoms with E-state index in [0.29, 0.717) is 18.8 Å². The van der Waals surface area contributed by atoms with E-state index in [1.807, 2.05) is 101 Å². The zero-order chi connectivity index (χ0) is 21.9. The van der Waals surface area contributed by atoms with Crippen LogP contribution in [0, 0.1) is 0 Å². The van der Waals surface area contributed by atoms with Crippen molar-refractivity contribution in [2.45, 2.75) is 0 Å². The number of piperazine rings is 1. The van der Waals surface area contributed by atoms with Gasteiger partial charge in [0.1, 0.15) is 11.5 Å². The fraction of sp³-hybridized carbons (Fsp3) is 0.154. The van der Waals surface area contributed by atoms with Crippen molar-refractivity contribution in [2.75, 3.05) is 31.1 Å². The number of rotatable bonds is 4. The minimum atomic E-state index is -0.0346. The van der Waals surface area contributed by atoms with E-state index in [2.05, 4.69) is 4.90 Å². The lowest BCUT2D eigenvalue weighted by atomic mass is 10.2. The van der Waals surface area contributed by atoms with Crippen LogP contribution in [0.3, 0.4) is 0 Å². The summed E-state index contributed by atoms with van der Waals surface area (Å²) in [6.45, 7) is 2.86. The summed E-state index contributed by atoms with van der Waals surface area (Å²) in [6, 6.07) is 27.8. The van der Waals surface area contributed by atoms with Crippen molar-refractivity contribution in [3.05, 3.63) is 102 Å². The topological polar surface area (TPSA) is 41.4 Å². The van der Waals surface area contributed by atoms with Crippen LogP contribution >= 0.6 is 11.6 Å². The Balaban J connectivity index is 1.38. The summed E-state index contributed by atoms with van der Waals surface area (Å²) in [7, 11) is 0. The van der Waals surface area contributed by atoms with Gasteiger partial charge in [-0.05, 0) is 36.4 Å². The number of amides is 1. The number of nitrogens with zero attached hydrogens (tertiary/aromatic N) is 4. The van der Waals surface area contributed by atoms with E-state index in [0.717, 1.165) is 40.9 Å². The molecule has 1 aliphatic rings. The van der Waals surface area contributed by atoms with Gasteiger partial charge in [-0.2, -0.15) is 0 Å². The Labute approximate surface area is 192 Å². The van der Waals surface area contributed by atoms with Crippen LogP contribution in [0.1, 0.15) is 10.5 Å². The molecule has 0 saturated carbocycles. The second-order valence-electron chi connectivity index (χ2n) is 7.78. The van der Waals surface area contributed by atoms with Crippen LogP contribution < -0.4 is 4.90 Å². The van der Waals surface area contributed by atoms with Gasteiger partial charge in [-0.15, -0.1) is 0 Å². The lowest BCUT2D eigenvalue weighted by Gasteiger charge is -2.35.